The normalized spacial score (nSPS) is 29.8. The minimum atomic E-state index is -0.186. The molecular formula is C24H31N5O3S2. The molecule has 34 heavy (non-hydrogen) atoms. The summed E-state index contributed by atoms with van der Waals surface area (Å²) in [5, 5.41) is 15.2. The van der Waals surface area contributed by atoms with Crippen LogP contribution >= 0.6 is 23.1 Å². The van der Waals surface area contributed by atoms with Crippen molar-refractivity contribution in [2.75, 3.05) is 51.6 Å². The first-order valence-electron chi connectivity index (χ1n) is 12.0. The topological polar surface area (TPSA) is 90.7 Å². The molecule has 4 fully saturated rings. The number of carbonyl (C=O) groups excluding carboxylic acids is 1. The second-order valence-corrected chi connectivity index (χ2v) is 11.8. The SMILES string of the molecule is O=C(CCN1CCSC(c2cccs2)C1)O[C@@H]1C[N+]2(CC([O-])=Nc3cnccn3)CCC1CC2. The third-order valence-electron chi connectivity index (χ3n) is 7.23. The van der Waals surface area contributed by atoms with Crippen LogP contribution < -0.4 is 5.11 Å². The largest absolute Gasteiger partial charge is 0.858 e. The van der Waals surface area contributed by atoms with E-state index < -0.39 is 0 Å². The second kappa shape index (κ2) is 10.7. The third-order valence-corrected chi connectivity index (χ3v) is 9.59. The van der Waals surface area contributed by atoms with Crippen molar-refractivity contribution in [3.63, 3.8) is 0 Å². The first-order valence-corrected chi connectivity index (χ1v) is 13.9. The standard InChI is InChI=1S/C24H31N5O3S2/c30-23(27-22-14-25-6-7-26-22)17-29-10-4-18(5-11-29)19(16-29)32-24(31)3-8-28-9-13-34-21(15-28)20-2-1-12-33-20/h1-2,6-7,12,14,18-19,21H,3-5,8-11,13,15-17H2/t18?,19-,21?,29?/m1/s1. The van der Waals surface area contributed by atoms with Crippen LogP contribution in [-0.2, 0) is 9.53 Å². The Kier molecular flexibility index (Phi) is 7.48. The molecule has 6 rings (SSSR count). The van der Waals surface area contributed by atoms with Crippen molar-refractivity contribution in [3.8, 4) is 0 Å². The molecular weight excluding hydrogens is 470 g/mol. The number of quaternary nitrogens is 1. The van der Waals surface area contributed by atoms with Gasteiger partial charge < -0.3 is 19.2 Å². The first-order chi connectivity index (χ1) is 16.6. The van der Waals surface area contributed by atoms with Crippen LogP contribution in [0.25, 0.3) is 0 Å². The number of aromatic nitrogens is 2. The van der Waals surface area contributed by atoms with Gasteiger partial charge in [-0.3, -0.25) is 9.78 Å². The van der Waals surface area contributed by atoms with E-state index in [0.717, 1.165) is 51.3 Å². The van der Waals surface area contributed by atoms with Gasteiger partial charge in [0.2, 0.25) is 0 Å². The predicted octanol–water partition coefficient (Wildman–Crippen LogP) is 2.26. The summed E-state index contributed by atoms with van der Waals surface area (Å²) in [5.74, 6) is 1.55. The molecule has 2 aromatic rings. The number of hydrogen-bond acceptors (Lipinski definition) is 9. The van der Waals surface area contributed by atoms with E-state index in [-0.39, 0.29) is 18.0 Å². The molecule has 4 aliphatic rings. The lowest BCUT2D eigenvalue weighted by molar-refractivity contribution is -0.939. The molecule has 0 radical (unpaired) electrons. The van der Waals surface area contributed by atoms with E-state index in [1.54, 1.807) is 6.20 Å². The fraction of sp³-hybridized carbons (Fsp3) is 0.583. The van der Waals surface area contributed by atoms with Gasteiger partial charge in [0, 0.05) is 67.3 Å². The Morgan fingerprint density at radius 1 is 1.32 bits per heavy atom. The number of fused-ring (bicyclic) bond motifs is 3. The number of nitrogens with zero attached hydrogens (tertiary/aromatic N) is 5. The minimum absolute atomic E-state index is 0.102. The predicted molar refractivity (Wildman–Crippen MR) is 132 cm³/mol. The molecule has 4 saturated heterocycles. The maximum absolute atomic E-state index is 12.7. The third kappa shape index (κ3) is 5.79. The van der Waals surface area contributed by atoms with Crippen molar-refractivity contribution < 1.29 is 19.1 Å². The Bertz CT molecular complexity index is 980. The molecule has 4 aliphatic heterocycles. The van der Waals surface area contributed by atoms with E-state index in [0.29, 0.717) is 41.0 Å². The summed E-state index contributed by atoms with van der Waals surface area (Å²) in [7, 11) is 0. The molecule has 2 aromatic heterocycles. The van der Waals surface area contributed by atoms with Gasteiger partial charge in [0.1, 0.15) is 13.1 Å². The van der Waals surface area contributed by atoms with Crippen LogP contribution in [0.15, 0.2) is 41.1 Å². The molecule has 10 heteroatoms. The zero-order valence-corrected chi connectivity index (χ0v) is 20.9. The number of esters is 1. The van der Waals surface area contributed by atoms with E-state index >= 15 is 0 Å². The van der Waals surface area contributed by atoms with Crippen molar-refractivity contribution in [3.05, 3.63) is 41.0 Å². The Morgan fingerprint density at radius 3 is 2.97 bits per heavy atom. The molecule has 0 saturated carbocycles. The molecule has 2 atom stereocenters. The van der Waals surface area contributed by atoms with Gasteiger partial charge in [-0.05, 0) is 11.4 Å². The zero-order chi connectivity index (χ0) is 23.4. The van der Waals surface area contributed by atoms with Crippen LogP contribution in [0.2, 0.25) is 0 Å². The number of carbonyl (C=O) groups is 1. The summed E-state index contributed by atoms with van der Waals surface area (Å²) in [4.78, 5) is 28.7. The van der Waals surface area contributed by atoms with Gasteiger partial charge in [-0.1, -0.05) is 6.07 Å². The van der Waals surface area contributed by atoms with E-state index in [1.165, 1.54) is 17.3 Å². The van der Waals surface area contributed by atoms with E-state index in [4.69, 9.17) is 4.74 Å². The molecule has 6 heterocycles. The second-order valence-electron chi connectivity index (χ2n) is 9.49. The van der Waals surface area contributed by atoms with Crippen LogP contribution in [0.4, 0.5) is 5.82 Å². The summed E-state index contributed by atoms with van der Waals surface area (Å²) in [6.45, 7) is 5.66. The summed E-state index contributed by atoms with van der Waals surface area (Å²) < 4.78 is 6.65. The van der Waals surface area contributed by atoms with Crippen molar-refractivity contribution in [1.29, 1.82) is 0 Å². The maximum atomic E-state index is 12.7. The van der Waals surface area contributed by atoms with Crippen molar-refractivity contribution in [2.24, 2.45) is 10.9 Å². The van der Waals surface area contributed by atoms with Gasteiger partial charge in [0.25, 0.3) is 0 Å². The highest BCUT2D eigenvalue weighted by Crippen LogP contribution is 2.37. The van der Waals surface area contributed by atoms with Crippen molar-refractivity contribution in [1.82, 2.24) is 14.9 Å². The molecule has 2 bridgehead atoms. The Morgan fingerprint density at radius 2 is 2.21 bits per heavy atom. The quantitative estimate of drug-likeness (QED) is 0.237. The molecule has 8 nitrogen and oxygen atoms in total. The highest BCUT2D eigenvalue weighted by molar-refractivity contribution is 7.99. The average molecular weight is 502 g/mol. The Balaban J connectivity index is 1.12. The highest BCUT2D eigenvalue weighted by Gasteiger charge is 2.47. The van der Waals surface area contributed by atoms with Gasteiger partial charge in [-0.2, -0.15) is 11.8 Å². The van der Waals surface area contributed by atoms with Crippen molar-refractivity contribution >= 4 is 40.8 Å². The molecule has 182 valence electrons. The van der Waals surface area contributed by atoms with Gasteiger partial charge in [0.05, 0.1) is 31.0 Å². The van der Waals surface area contributed by atoms with Crippen LogP contribution in [0.3, 0.4) is 0 Å². The minimum Gasteiger partial charge on any atom is -0.858 e. The lowest BCUT2D eigenvalue weighted by atomic mass is 9.83. The molecule has 0 amide bonds. The lowest BCUT2D eigenvalue weighted by Gasteiger charge is -2.52. The fourth-order valence-electron chi connectivity index (χ4n) is 5.41. The van der Waals surface area contributed by atoms with Crippen LogP contribution in [0.1, 0.15) is 29.4 Å². The number of ether oxygens (including phenoxy) is 1. The summed E-state index contributed by atoms with van der Waals surface area (Å²) >= 11 is 3.82. The van der Waals surface area contributed by atoms with Gasteiger partial charge >= 0.3 is 5.97 Å². The summed E-state index contributed by atoms with van der Waals surface area (Å²) in [6.07, 6.45) is 6.89. The number of piperidine rings is 3. The zero-order valence-electron chi connectivity index (χ0n) is 19.3. The fourth-order valence-corrected chi connectivity index (χ4v) is 7.68. The Hall–Kier alpha value is -2.01. The highest BCUT2D eigenvalue weighted by atomic mass is 32.2. The number of hydrogen-bond donors (Lipinski definition) is 0. The van der Waals surface area contributed by atoms with Crippen LogP contribution in [-0.4, -0.2) is 88.9 Å². The molecule has 1 unspecified atom stereocenters. The van der Waals surface area contributed by atoms with Crippen LogP contribution in [0, 0.1) is 5.92 Å². The maximum Gasteiger partial charge on any atom is 0.307 e. The van der Waals surface area contributed by atoms with Crippen LogP contribution in [0.5, 0.6) is 0 Å². The van der Waals surface area contributed by atoms with E-state index in [9.17, 15) is 9.90 Å². The lowest BCUT2D eigenvalue weighted by Crippen LogP contribution is -2.66. The average Bonchev–Trinajstić information content (AvgIpc) is 3.39. The molecule has 0 N–H and O–H groups in total. The van der Waals surface area contributed by atoms with Crippen molar-refractivity contribution in [2.45, 2.75) is 30.6 Å². The first kappa shape index (κ1) is 23.7. The molecule has 0 spiro atoms. The number of thioether (sulfide) groups is 1. The number of rotatable bonds is 8. The van der Waals surface area contributed by atoms with Gasteiger partial charge in [-0.25, -0.2) is 9.98 Å². The Labute approximate surface area is 208 Å². The monoisotopic (exact) mass is 501 g/mol. The number of aliphatic imine (C=N–C) groups is 1. The van der Waals surface area contributed by atoms with E-state index in [1.807, 2.05) is 23.1 Å². The van der Waals surface area contributed by atoms with Gasteiger partial charge in [-0.15, -0.1) is 11.3 Å². The molecule has 0 aliphatic carbocycles. The summed E-state index contributed by atoms with van der Waals surface area (Å²) in [6, 6.07) is 4.31. The van der Waals surface area contributed by atoms with E-state index in [2.05, 4.69) is 37.4 Å². The smallest absolute Gasteiger partial charge is 0.307 e. The number of thiophene rings is 1. The molecule has 0 aromatic carbocycles. The summed E-state index contributed by atoms with van der Waals surface area (Å²) in [5.41, 5.74) is 0. The van der Waals surface area contributed by atoms with Gasteiger partial charge in [0.15, 0.2) is 11.9 Å².